The Morgan fingerprint density at radius 1 is 0.237 bits per heavy atom. The Balaban J connectivity index is 1.05. The van der Waals surface area contributed by atoms with Gasteiger partial charge in [0.05, 0.1) is 11.1 Å². The van der Waals surface area contributed by atoms with Crippen LogP contribution in [0.4, 0.5) is 17.1 Å². The van der Waals surface area contributed by atoms with E-state index in [1.165, 1.54) is 105 Å². The standard InChI is InChI=1S/C75H51N/c1-8-27-52(28-9-1)70-66-45-26-44-65(74(66)73(55-33-14-4-15-34-55)72(54-31-12-3-13-32-54)71(70)53-29-10-2-11-30-53)61-49-50-69(64-43-23-22-41-60(61)64)76(58-39-20-7-21-40-58)59-47-48-63-62-42-24-25-46-67(62)75(68(63)51-59,56-35-16-5-17-36-56)57-37-18-6-19-38-57/h1-51H. The second kappa shape index (κ2) is 18.9. The normalized spacial score (nSPS) is 12.3. The average molecular weight is 966 g/mol. The summed E-state index contributed by atoms with van der Waals surface area (Å²) in [5.41, 5.74) is 22.3. The number of hydrogen-bond acceptors (Lipinski definition) is 1. The summed E-state index contributed by atoms with van der Waals surface area (Å²) < 4.78 is 0. The molecule has 1 aliphatic rings. The van der Waals surface area contributed by atoms with Crippen LogP contribution in [0.25, 0.3) is 88.3 Å². The van der Waals surface area contributed by atoms with Gasteiger partial charge in [-0.05, 0) is 136 Å². The van der Waals surface area contributed by atoms with Crippen molar-refractivity contribution in [2.45, 2.75) is 5.41 Å². The van der Waals surface area contributed by atoms with Crippen LogP contribution in [0.2, 0.25) is 0 Å². The van der Waals surface area contributed by atoms with Gasteiger partial charge in [-0.25, -0.2) is 0 Å². The van der Waals surface area contributed by atoms with Crippen LogP contribution in [0.1, 0.15) is 22.3 Å². The van der Waals surface area contributed by atoms with E-state index in [9.17, 15) is 0 Å². The maximum absolute atomic E-state index is 2.47. The van der Waals surface area contributed by atoms with Gasteiger partial charge in [0.1, 0.15) is 0 Å². The van der Waals surface area contributed by atoms with Crippen LogP contribution in [0.3, 0.4) is 0 Å². The van der Waals surface area contributed by atoms with Crippen LogP contribution in [0, 0.1) is 0 Å². The highest BCUT2D eigenvalue weighted by atomic mass is 15.1. The van der Waals surface area contributed by atoms with Crippen LogP contribution < -0.4 is 4.90 Å². The van der Waals surface area contributed by atoms with Gasteiger partial charge in [0.25, 0.3) is 0 Å². The molecule has 0 amide bonds. The maximum atomic E-state index is 2.47. The van der Waals surface area contributed by atoms with E-state index in [0.29, 0.717) is 0 Å². The Bertz CT molecular complexity index is 4190. The number of anilines is 3. The lowest BCUT2D eigenvalue weighted by molar-refractivity contribution is 0.768. The Kier molecular flexibility index (Phi) is 11.2. The summed E-state index contributed by atoms with van der Waals surface area (Å²) in [4.78, 5) is 2.47. The largest absolute Gasteiger partial charge is 0.310 e. The number of hydrogen-bond donors (Lipinski definition) is 0. The fourth-order valence-electron chi connectivity index (χ4n) is 12.6. The molecular formula is C75H51N. The van der Waals surface area contributed by atoms with Gasteiger partial charge in [-0.15, -0.1) is 0 Å². The molecule has 76 heavy (non-hydrogen) atoms. The van der Waals surface area contributed by atoms with Crippen LogP contribution in [-0.4, -0.2) is 0 Å². The first kappa shape index (κ1) is 44.8. The Morgan fingerprint density at radius 3 is 1.25 bits per heavy atom. The zero-order valence-electron chi connectivity index (χ0n) is 41.9. The second-order valence-corrected chi connectivity index (χ2v) is 19.8. The van der Waals surface area contributed by atoms with Gasteiger partial charge in [-0.1, -0.05) is 279 Å². The van der Waals surface area contributed by atoms with E-state index in [2.05, 4.69) is 314 Å². The van der Waals surface area contributed by atoms with Gasteiger partial charge in [-0.3, -0.25) is 0 Å². The molecule has 14 rings (SSSR count). The number of benzene rings is 13. The zero-order chi connectivity index (χ0) is 50.4. The van der Waals surface area contributed by atoms with E-state index in [1.54, 1.807) is 0 Å². The van der Waals surface area contributed by atoms with Crippen LogP contribution in [-0.2, 0) is 5.41 Å². The minimum absolute atomic E-state index is 0.541. The fourth-order valence-corrected chi connectivity index (χ4v) is 12.6. The van der Waals surface area contributed by atoms with Crippen molar-refractivity contribution in [3.05, 3.63) is 332 Å². The summed E-state index contributed by atoms with van der Waals surface area (Å²) in [5.74, 6) is 0. The van der Waals surface area contributed by atoms with E-state index in [-0.39, 0.29) is 0 Å². The third-order valence-electron chi connectivity index (χ3n) is 15.7. The number of rotatable bonds is 10. The third kappa shape index (κ3) is 7.23. The van der Waals surface area contributed by atoms with E-state index in [1.807, 2.05) is 0 Å². The molecule has 356 valence electrons. The van der Waals surface area contributed by atoms with Crippen LogP contribution >= 0.6 is 0 Å². The first-order chi connectivity index (χ1) is 37.8. The van der Waals surface area contributed by atoms with Crippen molar-refractivity contribution in [1.29, 1.82) is 0 Å². The molecular weight excluding hydrogens is 915 g/mol. The number of fused-ring (bicyclic) bond motifs is 5. The molecule has 0 spiro atoms. The highest BCUT2D eigenvalue weighted by Crippen LogP contribution is 2.58. The molecule has 0 radical (unpaired) electrons. The first-order valence-corrected chi connectivity index (χ1v) is 26.3. The lowest BCUT2D eigenvalue weighted by atomic mass is 9.67. The first-order valence-electron chi connectivity index (χ1n) is 26.3. The van der Waals surface area contributed by atoms with Gasteiger partial charge in [0.15, 0.2) is 0 Å². The van der Waals surface area contributed by atoms with Crippen molar-refractivity contribution in [3.63, 3.8) is 0 Å². The molecule has 13 aromatic rings. The summed E-state index contributed by atoms with van der Waals surface area (Å²) in [6.45, 7) is 0. The van der Waals surface area contributed by atoms with Gasteiger partial charge in [0, 0.05) is 16.8 Å². The van der Waals surface area contributed by atoms with E-state index >= 15 is 0 Å². The Hall–Kier alpha value is -9.82. The van der Waals surface area contributed by atoms with Crippen LogP contribution in [0.5, 0.6) is 0 Å². The molecule has 0 unspecified atom stereocenters. The van der Waals surface area contributed by atoms with Crippen molar-refractivity contribution < 1.29 is 0 Å². The van der Waals surface area contributed by atoms with Gasteiger partial charge in [-0.2, -0.15) is 0 Å². The SMILES string of the molecule is c1ccc(-c2c(-c3ccccc3)c(-c3ccccc3)c3c(-c4ccc(N(c5ccccc5)c5ccc6c(c5)C(c5ccccc5)(c5ccccc5)c5ccccc5-6)c5ccccc45)cccc3c2-c2ccccc2)cc1. The fraction of sp³-hybridized carbons (Fsp3) is 0.0133. The molecule has 13 aromatic carbocycles. The molecule has 0 aromatic heterocycles. The lowest BCUT2D eigenvalue weighted by Crippen LogP contribution is -2.28. The molecule has 0 heterocycles. The molecule has 0 bridgehead atoms. The van der Waals surface area contributed by atoms with Gasteiger partial charge < -0.3 is 4.90 Å². The second-order valence-electron chi connectivity index (χ2n) is 19.8. The Labute approximate surface area is 444 Å². The predicted molar refractivity (Wildman–Crippen MR) is 321 cm³/mol. The number of nitrogens with zero attached hydrogens (tertiary/aromatic N) is 1. The summed E-state index contributed by atoms with van der Waals surface area (Å²) in [6.07, 6.45) is 0. The van der Waals surface area contributed by atoms with Crippen molar-refractivity contribution >= 4 is 38.6 Å². The van der Waals surface area contributed by atoms with Gasteiger partial charge >= 0.3 is 0 Å². The van der Waals surface area contributed by atoms with Crippen molar-refractivity contribution in [2.24, 2.45) is 0 Å². The Morgan fingerprint density at radius 2 is 0.658 bits per heavy atom. The quantitative estimate of drug-likeness (QED) is 0.132. The minimum atomic E-state index is -0.541. The number of para-hydroxylation sites is 1. The van der Waals surface area contributed by atoms with Gasteiger partial charge in [0.2, 0.25) is 0 Å². The highest BCUT2D eigenvalue weighted by molar-refractivity contribution is 6.23. The molecule has 0 N–H and O–H groups in total. The summed E-state index contributed by atoms with van der Waals surface area (Å²) in [5, 5.41) is 4.77. The maximum Gasteiger partial charge on any atom is 0.0714 e. The van der Waals surface area contributed by atoms with Crippen molar-refractivity contribution in [3.8, 4) is 66.8 Å². The molecule has 0 saturated heterocycles. The molecule has 1 nitrogen and oxygen atoms in total. The van der Waals surface area contributed by atoms with E-state index in [0.717, 1.165) is 22.4 Å². The molecule has 1 aliphatic carbocycles. The van der Waals surface area contributed by atoms with E-state index in [4.69, 9.17) is 0 Å². The molecule has 0 aliphatic heterocycles. The predicted octanol–water partition coefficient (Wildman–Crippen LogP) is 20.2. The smallest absolute Gasteiger partial charge is 0.0714 e. The zero-order valence-corrected chi connectivity index (χ0v) is 41.9. The molecule has 0 saturated carbocycles. The van der Waals surface area contributed by atoms with Crippen molar-refractivity contribution in [1.82, 2.24) is 0 Å². The third-order valence-corrected chi connectivity index (χ3v) is 15.7. The summed E-state index contributed by atoms with van der Waals surface area (Å²) >= 11 is 0. The summed E-state index contributed by atoms with van der Waals surface area (Å²) in [6, 6.07) is 114. The van der Waals surface area contributed by atoms with E-state index < -0.39 is 5.41 Å². The monoisotopic (exact) mass is 965 g/mol. The summed E-state index contributed by atoms with van der Waals surface area (Å²) in [7, 11) is 0. The minimum Gasteiger partial charge on any atom is -0.310 e. The topological polar surface area (TPSA) is 3.24 Å². The highest BCUT2D eigenvalue weighted by Gasteiger charge is 2.46. The average Bonchev–Trinajstić information content (AvgIpc) is 3.82. The lowest BCUT2D eigenvalue weighted by Gasteiger charge is -2.35. The van der Waals surface area contributed by atoms with Crippen LogP contribution in [0.15, 0.2) is 309 Å². The molecule has 0 fully saturated rings. The molecule has 0 atom stereocenters. The van der Waals surface area contributed by atoms with Crippen molar-refractivity contribution in [2.75, 3.05) is 4.90 Å². The molecule has 1 heteroatoms.